The first kappa shape index (κ1) is 22.4. The molecule has 0 aliphatic carbocycles. The van der Waals surface area contributed by atoms with Crippen molar-refractivity contribution >= 4 is 26.7 Å². The Morgan fingerprint density at radius 3 is 2.31 bits per heavy atom. The molecule has 4 aromatic carbocycles. The van der Waals surface area contributed by atoms with Gasteiger partial charge in [-0.2, -0.15) is 4.80 Å². The molecule has 0 aliphatic heterocycles. The largest absolute Gasteiger partial charge is 0.273 e. The highest BCUT2D eigenvalue weighted by atomic mass is 32.2. The number of rotatable bonds is 7. The van der Waals surface area contributed by atoms with Crippen molar-refractivity contribution in [1.29, 1.82) is 0 Å². The number of hydrogen-bond donors (Lipinski definition) is 2. The summed E-state index contributed by atoms with van der Waals surface area (Å²) in [5, 5.41) is 14.2. The van der Waals surface area contributed by atoms with Crippen LogP contribution in [0.4, 0.5) is 0 Å². The fraction of sp³-hybridized carbons (Fsp3) is 0.0400. The number of nitrogens with one attached hydrogen (secondary N) is 2. The Balaban J connectivity index is 1.21. The third-order valence-electron chi connectivity index (χ3n) is 5.36. The van der Waals surface area contributed by atoms with Crippen molar-refractivity contribution in [2.75, 3.05) is 0 Å². The minimum Gasteiger partial charge on any atom is -0.273 e. The van der Waals surface area contributed by atoms with Crippen LogP contribution < -0.4 is 10.3 Å². The minimum atomic E-state index is -3.93. The molecule has 2 N–H and O–H groups in total. The topological polar surface area (TPSA) is 119 Å². The van der Waals surface area contributed by atoms with Gasteiger partial charge in [-0.25, -0.2) is 8.42 Å². The fourth-order valence-electron chi connectivity index (χ4n) is 3.52. The Morgan fingerprint density at radius 1 is 0.829 bits per heavy atom. The van der Waals surface area contributed by atoms with Crippen LogP contribution in [0.1, 0.15) is 15.9 Å². The van der Waals surface area contributed by atoms with Gasteiger partial charge in [0.15, 0.2) is 0 Å². The van der Waals surface area contributed by atoms with E-state index in [0.29, 0.717) is 17.9 Å². The number of amides is 1. The second-order valence-electron chi connectivity index (χ2n) is 7.77. The summed E-state index contributed by atoms with van der Waals surface area (Å²) >= 11 is 0. The van der Waals surface area contributed by atoms with Gasteiger partial charge in [-0.3, -0.25) is 10.2 Å². The lowest BCUT2D eigenvalue weighted by Gasteiger charge is -2.10. The third-order valence-corrected chi connectivity index (χ3v) is 6.60. The Morgan fingerprint density at radius 2 is 1.54 bits per heavy atom. The van der Waals surface area contributed by atoms with Gasteiger partial charge in [-0.15, -0.1) is 15.0 Å². The highest BCUT2D eigenvalue weighted by Crippen LogP contribution is 2.18. The zero-order valence-corrected chi connectivity index (χ0v) is 19.2. The Kier molecular flexibility index (Phi) is 6.04. The molecule has 0 saturated heterocycles. The number of hydrazine groups is 1. The van der Waals surface area contributed by atoms with Crippen molar-refractivity contribution in [3.05, 3.63) is 108 Å². The monoisotopic (exact) mass is 484 g/mol. The lowest BCUT2D eigenvalue weighted by atomic mass is 10.1. The van der Waals surface area contributed by atoms with Crippen LogP contribution in [0.2, 0.25) is 0 Å². The molecule has 5 aromatic rings. The van der Waals surface area contributed by atoms with E-state index in [1.807, 2.05) is 54.6 Å². The number of carbonyl (C=O) groups is 1. The number of sulfonamides is 1. The summed E-state index contributed by atoms with van der Waals surface area (Å²) in [6.45, 7) is 0.371. The first-order valence-corrected chi connectivity index (χ1v) is 12.2. The molecule has 0 saturated carbocycles. The Labute approximate surface area is 201 Å². The predicted molar refractivity (Wildman–Crippen MR) is 131 cm³/mol. The number of aromatic nitrogens is 4. The standard InChI is InChI=1S/C25H20N6O3S/c32-25(27-30-35(33,34)23-15-14-19-6-4-5-9-22(19)16-23)21-12-10-18(11-13-21)17-31-28-24(26-29-31)20-7-2-1-3-8-20/h1-16,30H,17H2,(H,27,32). The summed E-state index contributed by atoms with van der Waals surface area (Å²) in [6.07, 6.45) is 0. The van der Waals surface area contributed by atoms with E-state index in [1.165, 1.54) is 10.9 Å². The smallest absolute Gasteiger partial charge is 0.266 e. The maximum absolute atomic E-state index is 12.6. The van der Waals surface area contributed by atoms with Crippen molar-refractivity contribution in [1.82, 2.24) is 30.5 Å². The number of nitrogens with zero attached hydrogens (tertiary/aromatic N) is 4. The quantitative estimate of drug-likeness (QED) is 0.343. The molecule has 0 bridgehead atoms. The third kappa shape index (κ3) is 5.08. The van der Waals surface area contributed by atoms with E-state index in [9.17, 15) is 13.2 Å². The van der Waals surface area contributed by atoms with E-state index in [0.717, 1.165) is 21.9 Å². The second kappa shape index (κ2) is 9.45. The van der Waals surface area contributed by atoms with Crippen LogP contribution in [0.3, 0.4) is 0 Å². The molecule has 0 fully saturated rings. The summed E-state index contributed by atoms with van der Waals surface area (Å²) in [7, 11) is -3.93. The van der Waals surface area contributed by atoms with Crippen LogP contribution >= 0.6 is 0 Å². The molecule has 174 valence electrons. The average molecular weight is 485 g/mol. The molecule has 1 amide bonds. The zero-order chi connectivity index (χ0) is 24.3. The van der Waals surface area contributed by atoms with Gasteiger partial charge in [0.2, 0.25) is 5.82 Å². The summed E-state index contributed by atoms with van der Waals surface area (Å²) in [4.78, 5) is 16.2. The minimum absolute atomic E-state index is 0.0575. The van der Waals surface area contributed by atoms with E-state index in [2.05, 4.69) is 25.7 Å². The van der Waals surface area contributed by atoms with E-state index in [1.54, 1.807) is 36.4 Å². The van der Waals surface area contributed by atoms with Crippen molar-refractivity contribution in [2.24, 2.45) is 0 Å². The van der Waals surface area contributed by atoms with Crippen LogP contribution in [0.15, 0.2) is 102 Å². The van der Waals surface area contributed by atoms with Crippen LogP contribution in [0.25, 0.3) is 22.2 Å². The van der Waals surface area contributed by atoms with Gasteiger partial charge in [0, 0.05) is 11.1 Å². The van der Waals surface area contributed by atoms with Gasteiger partial charge in [0.05, 0.1) is 11.4 Å². The summed E-state index contributed by atoms with van der Waals surface area (Å²) in [6, 6.07) is 28.4. The predicted octanol–water partition coefficient (Wildman–Crippen LogP) is 3.16. The first-order chi connectivity index (χ1) is 17.0. The molecule has 9 nitrogen and oxygen atoms in total. The molecule has 10 heteroatoms. The van der Waals surface area contributed by atoms with E-state index >= 15 is 0 Å². The highest BCUT2D eigenvalue weighted by molar-refractivity contribution is 7.89. The molecule has 0 radical (unpaired) electrons. The summed E-state index contributed by atoms with van der Waals surface area (Å²) in [5.74, 6) is -0.0496. The summed E-state index contributed by atoms with van der Waals surface area (Å²) < 4.78 is 25.3. The Hall–Kier alpha value is -4.41. The van der Waals surface area contributed by atoms with Gasteiger partial charge in [0.1, 0.15) is 0 Å². The van der Waals surface area contributed by atoms with Gasteiger partial charge in [0.25, 0.3) is 15.9 Å². The Bertz CT molecular complexity index is 1600. The number of benzene rings is 4. The molecule has 1 heterocycles. The van der Waals surface area contributed by atoms with E-state index < -0.39 is 15.9 Å². The zero-order valence-electron chi connectivity index (χ0n) is 18.4. The van der Waals surface area contributed by atoms with Gasteiger partial charge in [-0.05, 0) is 45.8 Å². The molecule has 5 rings (SSSR count). The maximum Gasteiger partial charge on any atom is 0.266 e. The van der Waals surface area contributed by atoms with Gasteiger partial charge < -0.3 is 0 Å². The van der Waals surface area contributed by atoms with Crippen molar-refractivity contribution < 1.29 is 13.2 Å². The van der Waals surface area contributed by atoms with E-state index in [-0.39, 0.29) is 4.90 Å². The van der Waals surface area contributed by atoms with Crippen molar-refractivity contribution in [3.8, 4) is 11.4 Å². The van der Waals surface area contributed by atoms with Crippen molar-refractivity contribution in [2.45, 2.75) is 11.4 Å². The first-order valence-electron chi connectivity index (χ1n) is 10.7. The molecular formula is C25H20N6O3S. The van der Waals surface area contributed by atoms with E-state index in [4.69, 9.17) is 0 Å². The van der Waals surface area contributed by atoms with Crippen LogP contribution in [-0.4, -0.2) is 34.5 Å². The maximum atomic E-state index is 12.6. The molecule has 1 aromatic heterocycles. The molecule has 35 heavy (non-hydrogen) atoms. The summed E-state index contributed by atoms with van der Waals surface area (Å²) in [5.41, 5.74) is 4.29. The highest BCUT2D eigenvalue weighted by Gasteiger charge is 2.16. The lowest BCUT2D eigenvalue weighted by Crippen LogP contribution is -2.41. The van der Waals surface area contributed by atoms with Crippen LogP contribution in [0, 0.1) is 0 Å². The number of fused-ring (bicyclic) bond motifs is 1. The second-order valence-corrected chi connectivity index (χ2v) is 9.46. The number of tetrazole rings is 1. The molecule has 0 spiro atoms. The molecule has 0 atom stereocenters. The number of carbonyl (C=O) groups excluding carboxylic acids is 1. The average Bonchev–Trinajstić information content (AvgIpc) is 3.36. The van der Waals surface area contributed by atoms with Crippen molar-refractivity contribution in [3.63, 3.8) is 0 Å². The van der Waals surface area contributed by atoms with Crippen LogP contribution in [-0.2, 0) is 16.6 Å². The molecule has 0 unspecified atom stereocenters. The number of hydrogen-bond acceptors (Lipinski definition) is 6. The molecule has 0 aliphatic rings. The fourth-order valence-corrected chi connectivity index (χ4v) is 4.39. The molecular weight excluding hydrogens is 464 g/mol. The normalized spacial score (nSPS) is 11.4. The lowest BCUT2D eigenvalue weighted by molar-refractivity contribution is 0.0945. The van der Waals surface area contributed by atoms with Gasteiger partial charge in [-0.1, -0.05) is 72.8 Å². The van der Waals surface area contributed by atoms with Crippen LogP contribution in [0.5, 0.6) is 0 Å². The SMILES string of the molecule is O=C(NNS(=O)(=O)c1ccc2ccccc2c1)c1ccc(Cn2nnc(-c3ccccc3)n2)cc1. The van der Waals surface area contributed by atoms with Gasteiger partial charge >= 0.3 is 0 Å².